The van der Waals surface area contributed by atoms with Gasteiger partial charge in [-0.2, -0.15) is 0 Å². The lowest BCUT2D eigenvalue weighted by Gasteiger charge is -2.16. The highest BCUT2D eigenvalue weighted by atomic mass is 79.9. The Kier molecular flexibility index (Phi) is 7.76. The third-order valence-electron chi connectivity index (χ3n) is 2.68. The SMILES string of the molecule is COCC(O)CNC(C)CC(=O)Nc1ccc(Br)cc1. The number of anilines is 1. The molecule has 0 radical (unpaired) electrons. The molecule has 112 valence electrons. The summed E-state index contributed by atoms with van der Waals surface area (Å²) in [5.74, 6) is -0.0615. The smallest absolute Gasteiger partial charge is 0.225 e. The van der Waals surface area contributed by atoms with Crippen molar-refractivity contribution in [1.82, 2.24) is 5.32 Å². The molecule has 3 N–H and O–H groups in total. The lowest BCUT2D eigenvalue weighted by Crippen LogP contribution is -2.37. The molecule has 1 aromatic carbocycles. The molecule has 1 aromatic rings. The highest BCUT2D eigenvalue weighted by molar-refractivity contribution is 9.10. The highest BCUT2D eigenvalue weighted by Crippen LogP contribution is 2.14. The third-order valence-corrected chi connectivity index (χ3v) is 3.21. The number of halogens is 1. The molecule has 6 heteroatoms. The van der Waals surface area contributed by atoms with Gasteiger partial charge in [0.05, 0.1) is 12.7 Å². The van der Waals surface area contributed by atoms with E-state index in [1.165, 1.54) is 7.11 Å². The molecule has 2 atom stereocenters. The van der Waals surface area contributed by atoms with Gasteiger partial charge in [-0.3, -0.25) is 4.79 Å². The van der Waals surface area contributed by atoms with Gasteiger partial charge in [0.25, 0.3) is 0 Å². The molecule has 0 aliphatic rings. The van der Waals surface area contributed by atoms with E-state index in [4.69, 9.17) is 4.74 Å². The first-order chi connectivity index (χ1) is 9.51. The van der Waals surface area contributed by atoms with Gasteiger partial charge >= 0.3 is 0 Å². The molecule has 0 saturated carbocycles. The number of nitrogens with one attached hydrogen (secondary N) is 2. The number of ether oxygens (including phenoxy) is 1. The number of rotatable bonds is 8. The van der Waals surface area contributed by atoms with Gasteiger partial charge < -0.3 is 20.5 Å². The molecule has 20 heavy (non-hydrogen) atoms. The number of benzene rings is 1. The molecule has 0 heterocycles. The maximum absolute atomic E-state index is 11.8. The quantitative estimate of drug-likeness (QED) is 0.672. The van der Waals surface area contributed by atoms with E-state index < -0.39 is 6.10 Å². The molecule has 2 unspecified atom stereocenters. The Morgan fingerprint density at radius 1 is 1.40 bits per heavy atom. The lowest BCUT2D eigenvalue weighted by atomic mass is 10.2. The third kappa shape index (κ3) is 7.00. The first-order valence-corrected chi connectivity index (χ1v) is 7.26. The molecule has 1 rings (SSSR count). The Labute approximate surface area is 127 Å². The summed E-state index contributed by atoms with van der Waals surface area (Å²) in [6.45, 7) is 2.59. The van der Waals surface area contributed by atoms with Gasteiger partial charge in [0.2, 0.25) is 5.91 Å². The lowest BCUT2D eigenvalue weighted by molar-refractivity contribution is -0.116. The zero-order valence-corrected chi connectivity index (χ0v) is 13.3. The summed E-state index contributed by atoms with van der Waals surface area (Å²) >= 11 is 3.34. The van der Waals surface area contributed by atoms with E-state index in [1.54, 1.807) is 0 Å². The maximum Gasteiger partial charge on any atom is 0.225 e. The molecular weight excluding hydrogens is 324 g/mol. The minimum Gasteiger partial charge on any atom is -0.389 e. The van der Waals surface area contributed by atoms with E-state index >= 15 is 0 Å². The minimum atomic E-state index is -0.558. The Bertz CT molecular complexity index is 411. The number of carbonyl (C=O) groups excluding carboxylic acids is 1. The van der Waals surface area contributed by atoms with Crippen molar-refractivity contribution in [2.45, 2.75) is 25.5 Å². The summed E-state index contributed by atoms with van der Waals surface area (Å²) in [5, 5.41) is 15.4. The summed E-state index contributed by atoms with van der Waals surface area (Å²) in [7, 11) is 1.54. The van der Waals surface area contributed by atoms with Crippen LogP contribution in [0.4, 0.5) is 5.69 Å². The number of hydrogen-bond acceptors (Lipinski definition) is 4. The van der Waals surface area contributed by atoms with E-state index in [9.17, 15) is 9.90 Å². The summed E-state index contributed by atoms with van der Waals surface area (Å²) < 4.78 is 5.80. The van der Waals surface area contributed by atoms with Gasteiger partial charge in [-0.15, -0.1) is 0 Å². The van der Waals surface area contributed by atoms with E-state index in [-0.39, 0.29) is 18.6 Å². The van der Waals surface area contributed by atoms with E-state index in [0.29, 0.717) is 13.0 Å². The van der Waals surface area contributed by atoms with Crippen LogP contribution in [0.2, 0.25) is 0 Å². The van der Waals surface area contributed by atoms with Crippen LogP contribution >= 0.6 is 15.9 Å². The van der Waals surface area contributed by atoms with Crippen LogP contribution in [0.15, 0.2) is 28.7 Å². The molecule has 0 aromatic heterocycles. The predicted octanol–water partition coefficient (Wildman–Crippen LogP) is 1.76. The molecule has 1 amide bonds. The van der Waals surface area contributed by atoms with E-state index in [1.807, 2.05) is 31.2 Å². The van der Waals surface area contributed by atoms with Crippen molar-refractivity contribution in [3.8, 4) is 0 Å². The van der Waals surface area contributed by atoms with Crippen LogP contribution in [-0.4, -0.2) is 43.4 Å². The Morgan fingerprint density at radius 2 is 2.05 bits per heavy atom. The Balaban J connectivity index is 2.29. The fourth-order valence-electron chi connectivity index (χ4n) is 1.68. The second kappa shape index (κ2) is 9.07. The topological polar surface area (TPSA) is 70.6 Å². The van der Waals surface area contributed by atoms with Crippen LogP contribution in [0.1, 0.15) is 13.3 Å². The molecule has 0 aliphatic carbocycles. The fraction of sp³-hybridized carbons (Fsp3) is 0.500. The van der Waals surface area contributed by atoms with Gasteiger partial charge in [0, 0.05) is 36.3 Å². The average Bonchev–Trinajstić information content (AvgIpc) is 2.39. The Hall–Kier alpha value is -0.950. The van der Waals surface area contributed by atoms with Crippen molar-refractivity contribution in [3.63, 3.8) is 0 Å². The Morgan fingerprint density at radius 3 is 2.65 bits per heavy atom. The second-order valence-corrected chi connectivity index (χ2v) is 5.59. The van der Waals surface area contributed by atoms with Crippen molar-refractivity contribution in [2.75, 3.05) is 25.6 Å². The zero-order chi connectivity index (χ0) is 15.0. The first-order valence-electron chi connectivity index (χ1n) is 6.47. The molecule has 0 fully saturated rings. The maximum atomic E-state index is 11.8. The molecule has 0 spiro atoms. The van der Waals surface area contributed by atoms with Crippen LogP contribution in [0.25, 0.3) is 0 Å². The van der Waals surface area contributed by atoms with Gasteiger partial charge in [-0.25, -0.2) is 0 Å². The van der Waals surface area contributed by atoms with Gasteiger partial charge in [0.15, 0.2) is 0 Å². The standard InChI is InChI=1S/C14H21BrN2O3/c1-10(16-8-13(18)9-20-2)7-14(19)17-12-5-3-11(15)4-6-12/h3-6,10,13,16,18H,7-9H2,1-2H3,(H,17,19). The normalized spacial score (nSPS) is 13.8. The molecule has 0 bridgehead atoms. The first kappa shape index (κ1) is 17.1. The fourth-order valence-corrected chi connectivity index (χ4v) is 1.95. The number of aliphatic hydroxyl groups is 1. The van der Waals surface area contributed by atoms with Crippen molar-refractivity contribution < 1.29 is 14.6 Å². The molecule has 0 aliphatic heterocycles. The number of amides is 1. The number of aliphatic hydroxyl groups excluding tert-OH is 1. The zero-order valence-electron chi connectivity index (χ0n) is 11.7. The van der Waals surface area contributed by atoms with E-state index in [2.05, 4.69) is 26.6 Å². The summed E-state index contributed by atoms with van der Waals surface area (Å²) in [6.07, 6.45) is -0.215. The van der Waals surface area contributed by atoms with Crippen molar-refractivity contribution >= 4 is 27.5 Å². The summed E-state index contributed by atoms with van der Waals surface area (Å²) in [4.78, 5) is 11.8. The highest BCUT2D eigenvalue weighted by Gasteiger charge is 2.11. The van der Waals surface area contributed by atoms with Gasteiger partial charge in [-0.1, -0.05) is 15.9 Å². The second-order valence-electron chi connectivity index (χ2n) is 4.68. The van der Waals surface area contributed by atoms with Crippen LogP contribution in [-0.2, 0) is 9.53 Å². The minimum absolute atomic E-state index is 0.0167. The number of carbonyl (C=O) groups is 1. The van der Waals surface area contributed by atoms with Gasteiger partial charge in [-0.05, 0) is 31.2 Å². The number of hydrogen-bond donors (Lipinski definition) is 3. The van der Waals surface area contributed by atoms with E-state index in [0.717, 1.165) is 10.2 Å². The predicted molar refractivity (Wildman–Crippen MR) is 82.7 cm³/mol. The monoisotopic (exact) mass is 344 g/mol. The summed E-state index contributed by atoms with van der Waals surface area (Å²) in [6, 6.07) is 7.40. The van der Waals surface area contributed by atoms with Crippen molar-refractivity contribution in [1.29, 1.82) is 0 Å². The summed E-state index contributed by atoms with van der Waals surface area (Å²) in [5.41, 5.74) is 0.768. The van der Waals surface area contributed by atoms with Crippen LogP contribution in [0.5, 0.6) is 0 Å². The van der Waals surface area contributed by atoms with Crippen LogP contribution in [0.3, 0.4) is 0 Å². The molecule has 0 saturated heterocycles. The average molecular weight is 345 g/mol. The number of methoxy groups -OCH3 is 1. The van der Waals surface area contributed by atoms with Crippen molar-refractivity contribution in [2.24, 2.45) is 0 Å². The van der Waals surface area contributed by atoms with Gasteiger partial charge in [0.1, 0.15) is 0 Å². The van der Waals surface area contributed by atoms with Crippen LogP contribution in [0, 0.1) is 0 Å². The molecular formula is C14H21BrN2O3. The largest absolute Gasteiger partial charge is 0.389 e. The molecule has 5 nitrogen and oxygen atoms in total. The van der Waals surface area contributed by atoms with Crippen LogP contribution < -0.4 is 10.6 Å². The van der Waals surface area contributed by atoms with Crippen molar-refractivity contribution in [3.05, 3.63) is 28.7 Å².